The Bertz CT molecular complexity index is 643. The average molecular weight is 322 g/mol. The number of nitrogens with one attached hydrogen (secondary N) is 2. The van der Waals surface area contributed by atoms with Crippen LogP contribution in [-0.4, -0.2) is 51.2 Å². The minimum absolute atomic E-state index is 0.0479. The number of aryl methyl sites for hydroxylation is 1. The molecule has 0 saturated carbocycles. The molecular weight excluding hydrogens is 303 g/mol. The van der Waals surface area contributed by atoms with Crippen molar-refractivity contribution in [2.75, 3.05) is 18.4 Å². The second-order valence-corrected chi connectivity index (χ2v) is 5.66. The number of rotatable bonds is 5. The number of anilines is 1. The van der Waals surface area contributed by atoms with Crippen molar-refractivity contribution in [3.63, 3.8) is 0 Å². The van der Waals surface area contributed by atoms with Gasteiger partial charge in [0.15, 0.2) is 5.82 Å². The number of carbonyl (C=O) groups excluding carboxylic acids is 1. The van der Waals surface area contributed by atoms with Crippen molar-refractivity contribution >= 4 is 11.8 Å². The fourth-order valence-corrected chi connectivity index (χ4v) is 2.76. The molecule has 0 aromatic carbocycles. The molecule has 2 N–H and O–H groups in total. The number of alkyl halides is 1. The summed E-state index contributed by atoms with van der Waals surface area (Å²) in [4.78, 5) is 13.8. The number of aromatic nitrogens is 3. The van der Waals surface area contributed by atoms with Crippen LogP contribution in [0.25, 0.3) is 0 Å². The molecule has 1 aliphatic heterocycles. The summed E-state index contributed by atoms with van der Waals surface area (Å²) >= 11 is 0. The molecule has 23 heavy (non-hydrogen) atoms. The van der Waals surface area contributed by atoms with Crippen molar-refractivity contribution in [3.8, 4) is 0 Å². The molecule has 1 saturated heterocycles. The third kappa shape index (κ3) is 4.07. The molecule has 3 heterocycles. The van der Waals surface area contributed by atoms with Crippen molar-refractivity contribution in [2.24, 2.45) is 7.05 Å². The molecule has 2 aromatic rings. The van der Waals surface area contributed by atoms with Crippen LogP contribution in [0.1, 0.15) is 12.0 Å². The van der Waals surface area contributed by atoms with Gasteiger partial charge >= 0.3 is 6.03 Å². The quantitative estimate of drug-likeness (QED) is 0.862. The highest BCUT2D eigenvalue weighted by Crippen LogP contribution is 2.22. The number of urea groups is 1. The molecule has 2 amide bonds. The molecule has 0 unspecified atom stereocenters. The molecule has 2 aromatic heterocycles. The summed E-state index contributed by atoms with van der Waals surface area (Å²) in [6, 6.07) is 1.11. The normalized spacial score (nSPS) is 21.5. The van der Waals surface area contributed by atoms with E-state index in [2.05, 4.69) is 25.4 Å². The minimum Gasteiger partial charge on any atom is -0.363 e. The maximum Gasteiger partial charge on any atom is 0.320 e. The third-order valence-corrected chi connectivity index (χ3v) is 3.80. The average Bonchev–Trinajstić information content (AvgIpc) is 3.21. The number of likely N-dealkylation sites (tertiary alicyclic amines) is 1. The van der Waals surface area contributed by atoms with Crippen LogP contribution in [0, 0.1) is 0 Å². The van der Waals surface area contributed by atoms with Gasteiger partial charge in [0.1, 0.15) is 12.4 Å². The topological polar surface area (TPSA) is 88.2 Å². The maximum absolute atomic E-state index is 13.7. The first-order valence-corrected chi connectivity index (χ1v) is 7.41. The van der Waals surface area contributed by atoms with Crippen LogP contribution in [0.4, 0.5) is 15.0 Å². The first kappa shape index (κ1) is 15.5. The molecule has 0 radical (unpaired) electrons. The van der Waals surface area contributed by atoms with Crippen molar-refractivity contribution < 1.29 is 13.7 Å². The molecule has 124 valence electrons. The van der Waals surface area contributed by atoms with Crippen LogP contribution in [0.15, 0.2) is 29.2 Å². The highest BCUT2D eigenvalue weighted by molar-refractivity contribution is 5.87. The van der Waals surface area contributed by atoms with Gasteiger partial charge in [0.05, 0.1) is 6.20 Å². The molecular formula is C14H19FN6O2. The minimum atomic E-state index is -0.878. The number of hydrogen-bond acceptors (Lipinski definition) is 5. The predicted molar refractivity (Wildman–Crippen MR) is 80.4 cm³/mol. The van der Waals surface area contributed by atoms with Gasteiger partial charge in [-0.1, -0.05) is 5.16 Å². The summed E-state index contributed by atoms with van der Waals surface area (Å²) in [7, 11) is 1.85. The highest BCUT2D eigenvalue weighted by Gasteiger charge is 2.32. The van der Waals surface area contributed by atoms with Crippen LogP contribution < -0.4 is 10.6 Å². The van der Waals surface area contributed by atoms with Crippen LogP contribution in [0.5, 0.6) is 0 Å². The Morgan fingerprint density at radius 3 is 3.13 bits per heavy atom. The van der Waals surface area contributed by atoms with Crippen molar-refractivity contribution in [1.29, 1.82) is 0 Å². The number of carbonyl (C=O) groups is 1. The first-order valence-electron chi connectivity index (χ1n) is 7.41. The third-order valence-electron chi connectivity index (χ3n) is 3.80. The summed E-state index contributed by atoms with van der Waals surface area (Å²) in [5, 5.41) is 13.0. The zero-order chi connectivity index (χ0) is 16.2. The van der Waals surface area contributed by atoms with Crippen LogP contribution in [0.3, 0.4) is 0 Å². The van der Waals surface area contributed by atoms with E-state index in [-0.39, 0.29) is 12.1 Å². The van der Waals surface area contributed by atoms with E-state index in [0.29, 0.717) is 31.9 Å². The smallest absolute Gasteiger partial charge is 0.320 e. The van der Waals surface area contributed by atoms with Crippen molar-refractivity contribution in [2.45, 2.75) is 25.2 Å². The Morgan fingerprint density at radius 2 is 2.43 bits per heavy atom. The second kappa shape index (κ2) is 6.78. The zero-order valence-corrected chi connectivity index (χ0v) is 12.8. The SMILES string of the molecule is Cn1cc(CN2C[C@@H](F)C[C@H]2CNC(=O)Nc2ccon2)cn1. The van der Waals surface area contributed by atoms with E-state index < -0.39 is 6.17 Å². The van der Waals surface area contributed by atoms with E-state index in [1.54, 1.807) is 16.9 Å². The number of nitrogens with zero attached hydrogens (tertiary/aromatic N) is 4. The first-order chi connectivity index (χ1) is 11.1. The van der Waals surface area contributed by atoms with Gasteiger partial charge in [-0.15, -0.1) is 0 Å². The van der Waals surface area contributed by atoms with E-state index in [9.17, 15) is 9.18 Å². The summed E-state index contributed by atoms with van der Waals surface area (Å²) in [6.07, 6.45) is 4.58. The monoisotopic (exact) mass is 322 g/mol. The highest BCUT2D eigenvalue weighted by atomic mass is 19.1. The summed E-state index contributed by atoms with van der Waals surface area (Å²) < 4.78 is 20.1. The lowest BCUT2D eigenvalue weighted by molar-refractivity contribution is 0.224. The van der Waals surface area contributed by atoms with E-state index in [4.69, 9.17) is 0 Å². The zero-order valence-electron chi connectivity index (χ0n) is 12.8. The van der Waals surface area contributed by atoms with Gasteiger partial charge in [0, 0.05) is 50.6 Å². The largest absolute Gasteiger partial charge is 0.363 e. The van der Waals surface area contributed by atoms with Gasteiger partial charge in [-0.05, 0) is 6.42 Å². The Balaban J connectivity index is 1.51. The summed E-state index contributed by atoms with van der Waals surface area (Å²) in [5.74, 6) is 0.338. The molecule has 8 nitrogen and oxygen atoms in total. The molecule has 0 spiro atoms. The number of amides is 2. The lowest BCUT2D eigenvalue weighted by Crippen LogP contribution is -2.41. The Labute approximate surface area is 132 Å². The standard InChI is InChI=1S/C14H19FN6O2/c1-20-7-10(5-17-20)8-21-9-11(15)4-12(21)6-16-14(22)18-13-2-3-23-19-13/h2-3,5,7,11-12H,4,6,8-9H2,1H3,(H2,16,18,19,22)/t11-,12-/m0/s1. The summed E-state index contributed by atoms with van der Waals surface area (Å²) in [5.41, 5.74) is 1.03. The fraction of sp³-hybridized carbons (Fsp3) is 0.500. The molecule has 1 aliphatic rings. The predicted octanol–water partition coefficient (Wildman–Crippen LogP) is 1.14. The molecule has 9 heteroatoms. The van der Waals surface area contributed by atoms with Crippen LogP contribution in [-0.2, 0) is 13.6 Å². The van der Waals surface area contributed by atoms with Gasteiger partial charge in [-0.3, -0.25) is 14.9 Å². The van der Waals surface area contributed by atoms with Gasteiger partial charge in [0.2, 0.25) is 0 Å². The van der Waals surface area contributed by atoms with Gasteiger partial charge in [-0.2, -0.15) is 5.10 Å². The maximum atomic E-state index is 13.7. The van der Waals surface area contributed by atoms with E-state index in [1.807, 2.05) is 18.1 Å². The summed E-state index contributed by atoms with van der Waals surface area (Å²) in [6.45, 7) is 1.35. The second-order valence-electron chi connectivity index (χ2n) is 5.66. The van der Waals surface area contributed by atoms with Crippen LogP contribution in [0.2, 0.25) is 0 Å². The molecule has 3 rings (SSSR count). The lowest BCUT2D eigenvalue weighted by Gasteiger charge is -2.23. The molecule has 2 atom stereocenters. The van der Waals surface area contributed by atoms with Crippen LogP contribution >= 0.6 is 0 Å². The molecule has 0 bridgehead atoms. The molecule has 0 aliphatic carbocycles. The Kier molecular flexibility index (Phi) is 4.56. The lowest BCUT2D eigenvalue weighted by atomic mass is 10.2. The van der Waals surface area contributed by atoms with Crippen molar-refractivity contribution in [1.82, 2.24) is 25.2 Å². The van der Waals surface area contributed by atoms with E-state index in [0.717, 1.165) is 5.56 Å². The van der Waals surface area contributed by atoms with Gasteiger partial charge in [0.25, 0.3) is 0 Å². The number of hydrogen-bond donors (Lipinski definition) is 2. The Morgan fingerprint density at radius 1 is 1.57 bits per heavy atom. The Hall–Kier alpha value is -2.42. The fourth-order valence-electron chi connectivity index (χ4n) is 2.76. The van der Waals surface area contributed by atoms with Gasteiger partial charge < -0.3 is 9.84 Å². The van der Waals surface area contributed by atoms with E-state index >= 15 is 0 Å². The molecule has 1 fully saturated rings. The number of halogens is 1. The van der Waals surface area contributed by atoms with E-state index in [1.165, 1.54) is 6.26 Å². The van der Waals surface area contributed by atoms with Crippen molar-refractivity contribution in [3.05, 3.63) is 30.3 Å². The van der Waals surface area contributed by atoms with Gasteiger partial charge in [-0.25, -0.2) is 9.18 Å².